The van der Waals surface area contributed by atoms with Crippen molar-refractivity contribution in [2.45, 2.75) is 26.4 Å². The van der Waals surface area contributed by atoms with Gasteiger partial charge >= 0.3 is 0 Å². The van der Waals surface area contributed by atoms with Crippen LogP contribution in [0.25, 0.3) is 17.8 Å². The molecule has 29 heavy (non-hydrogen) atoms. The number of aromatic nitrogens is 1. The predicted octanol–water partition coefficient (Wildman–Crippen LogP) is 4.61. The molecule has 3 rings (SSSR count). The van der Waals surface area contributed by atoms with Crippen molar-refractivity contribution < 1.29 is 14.2 Å². The number of aryl methyl sites for hydroxylation is 1. The fraction of sp³-hybridized carbons (Fsp3) is 0.208. The first-order valence-corrected chi connectivity index (χ1v) is 9.34. The monoisotopic (exact) mass is 393 g/mol. The largest absolute Gasteiger partial charge is 0.490 e. The van der Waals surface area contributed by atoms with Gasteiger partial charge in [0, 0.05) is 18.0 Å². The van der Waals surface area contributed by atoms with Crippen molar-refractivity contribution in [1.29, 1.82) is 0 Å². The minimum absolute atomic E-state index is 0.157. The summed E-state index contributed by atoms with van der Waals surface area (Å²) in [4.78, 5) is 12.6. The molecule has 150 valence electrons. The summed E-state index contributed by atoms with van der Waals surface area (Å²) in [5, 5.41) is 9.80. The minimum atomic E-state index is -0.917. The van der Waals surface area contributed by atoms with Crippen molar-refractivity contribution in [3.05, 3.63) is 93.7 Å². The molecule has 0 bridgehead atoms. The summed E-state index contributed by atoms with van der Waals surface area (Å²) in [5.74, 6) is 0.388. The third-order valence-corrected chi connectivity index (χ3v) is 4.30. The summed E-state index contributed by atoms with van der Waals surface area (Å²) in [6.07, 6.45) is 5.37. The van der Waals surface area contributed by atoms with Crippen molar-refractivity contribution >= 4 is 12.2 Å². The van der Waals surface area contributed by atoms with E-state index in [1.807, 2.05) is 37.3 Å². The van der Waals surface area contributed by atoms with Crippen molar-refractivity contribution in [3.8, 4) is 11.4 Å². The average Bonchev–Trinajstić information content (AvgIpc) is 2.66. The van der Waals surface area contributed by atoms with E-state index in [0.717, 1.165) is 22.4 Å². The fourth-order valence-corrected chi connectivity index (χ4v) is 2.78. The molecule has 0 radical (unpaired) electrons. The number of hydrogen-bond acceptors (Lipinski definition) is 3. The molecule has 0 aliphatic rings. The van der Waals surface area contributed by atoms with Crippen molar-refractivity contribution in [2.24, 2.45) is 0 Å². The Balaban J connectivity index is 1.78. The minimum Gasteiger partial charge on any atom is -0.490 e. The molecule has 0 fully saturated rings. The van der Waals surface area contributed by atoms with Crippen LogP contribution in [-0.2, 0) is 0 Å². The van der Waals surface area contributed by atoms with Gasteiger partial charge in [0.1, 0.15) is 18.2 Å². The Bertz CT molecular complexity index is 1080. The smallest absolute Gasteiger partial charge is 0.255 e. The first kappa shape index (κ1) is 20.6. The Labute approximate surface area is 169 Å². The van der Waals surface area contributed by atoms with Gasteiger partial charge in [0.25, 0.3) is 5.56 Å². The van der Waals surface area contributed by atoms with Gasteiger partial charge in [-0.15, -0.1) is 0 Å². The second-order valence-electron chi connectivity index (χ2n) is 7.60. The van der Waals surface area contributed by atoms with Crippen LogP contribution >= 0.6 is 0 Å². The highest BCUT2D eigenvalue weighted by Crippen LogP contribution is 2.22. The lowest BCUT2D eigenvalue weighted by molar-refractivity contribution is 0.0282. The van der Waals surface area contributed by atoms with Gasteiger partial charge in [-0.3, -0.25) is 9.36 Å². The first-order chi connectivity index (χ1) is 13.7. The van der Waals surface area contributed by atoms with Crippen LogP contribution in [0.1, 0.15) is 30.5 Å². The van der Waals surface area contributed by atoms with E-state index >= 15 is 0 Å². The van der Waals surface area contributed by atoms with E-state index in [2.05, 4.69) is 0 Å². The van der Waals surface area contributed by atoms with Crippen LogP contribution < -0.4 is 10.3 Å². The van der Waals surface area contributed by atoms with E-state index in [1.165, 1.54) is 12.1 Å². The summed E-state index contributed by atoms with van der Waals surface area (Å²) < 4.78 is 20.2. The Morgan fingerprint density at radius 3 is 2.34 bits per heavy atom. The van der Waals surface area contributed by atoms with Gasteiger partial charge in [0.2, 0.25) is 0 Å². The number of ether oxygens (including phenoxy) is 1. The Morgan fingerprint density at radius 1 is 1.03 bits per heavy atom. The topological polar surface area (TPSA) is 51.5 Å². The van der Waals surface area contributed by atoms with Crippen LogP contribution in [0.15, 0.2) is 65.6 Å². The van der Waals surface area contributed by atoms with Gasteiger partial charge in [0.15, 0.2) is 0 Å². The molecule has 3 aromatic rings. The Kier molecular flexibility index (Phi) is 5.99. The third-order valence-electron chi connectivity index (χ3n) is 4.30. The molecular formula is C24H24FNO3. The third kappa shape index (κ3) is 5.65. The molecule has 0 aliphatic carbocycles. The van der Waals surface area contributed by atoms with Crippen molar-refractivity contribution in [3.63, 3.8) is 0 Å². The van der Waals surface area contributed by atoms with Crippen LogP contribution in [-0.4, -0.2) is 21.9 Å². The number of hydrogen-bond donors (Lipinski definition) is 1. The summed E-state index contributed by atoms with van der Waals surface area (Å²) in [6, 6.07) is 15.0. The molecule has 0 spiro atoms. The molecule has 0 saturated carbocycles. The number of pyridine rings is 1. The standard InChI is InChI=1S/C24H24FNO3/c1-17-14-21(10-11-22(17)29-16-24(2,3)28)26-13-12-19(15-23(26)27)5-4-18-6-8-20(25)9-7-18/h4-15,28H,16H2,1-3H3. The lowest BCUT2D eigenvalue weighted by Gasteiger charge is -2.19. The zero-order valence-corrected chi connectivity index (χ0v) is 16.7. The second-order valence-corrected chi connectivity index (χ2v) is 7.60. The van der Waals surface area contributed by atoms with Gasteiger partial charge < -0.3 is 9.84 Å². The maximum atomic E-state index is 13.0. The van der Waals surface area contributed by atoms with Crippen LogP contribution in [0.5, 0.6) is 5.75 Å². The quantitative estimate of drug-likeness (QED) is 0.666. The highest BCUT2D eigenvalue weighted by molar-refractivity contribution is 5.69. The van der Waals surface area contributed by atoms with E-state index in [1.54, 1.807) is 48.9 Å². The van der Waals surface area contributed by atoms with E-state index in [-0.39, 0.29) is 18.0 Å². The molecule has 1 N–H and O–H groups in total. The van der Waals surface area contributed by atoms with Gasteiger partial charge in [-0.05, 0) is 73.9 Å². The van der Waals surface area contributed by atoms with E-state index in [0.29, 0.717) is 5.75 Å². The van der Waals surface area contributed by atoms with Crippen LogP contribution in [0, 0.1) is 12.7 Å². The number of halogens is 1. The van der Waals surface area contributed by atoms with Gasteiger partial charge in [-0.2, -0.15) is 0 Å². The predicted molar refractivity (Wildman–Crippen MR) is 114 cm³/mol. The maximum Gasteiger partial charge on any atom is 0.255 e. The summed E-state index contributed by atoms with van der Waals surface area (Å²) >= 11 is 0. The number of benzene rings is 2. The summed E-state index contributed by atoms with van der Waals surface area (Å²) in [7, 11) is 0. The second kappa shape index (κ2) is 8.45. The molecule has 0 amide bonds. The molecule has 5 heteroatoms. The molecule has 4 nitrogen and oxygen atoms in total. The number of rotatable bonds is 6. The van der Waals surface area contributed by atoms with Crippen molar-refractivity contribution in [2.75, 3.05) is 6.61 Å². The average molecular weight is 393 g/mol. The fourth-order valence-electron chi connectivity index (χ4n) is 2.78. The summed E-state index contributed by atoms with van der Waals surface area (Å²) in [6.45, 7) is 5.45. The Morgan fingerprint density at radius 2 is 1.72 bits per heavy atom. The van der Waals surface area contributed by atoms with Crippen LogP contribution in [0.2, 0.25) is 0 Å². The molecule has 0 saturated heterocycles. The molecule has 1 heterocycles. The zero-order valence-electron chi connectivity index (χ0n) is 16.7. The molecule has 0 atom stereocenters. The number of nitrogens with zero attached hydrogens (tertiary/aromatic N) is 1. The molecular weight excluding hydrogens is 369 g/mol. The van der Waals surface area contributed by atoms with Crippen LogP contribution in [0.4, 0.5) is 4.39 Å². The maximum absolute atomic E-state index is 13.0. The molecule has 2 aromatic carbocycles. The highest BCUT2D eigenvalue weighted by atomic mass is 19.1. The van der Waals surface area contributed by atoms with Gasteiger partial charge in [-0.1, -0.05) is 24.3 Å². The molecule has 0 unspecified atom stereocenters. The Hall–Kier alpha value is -3.18. The normalized spacial score (nSPS) is 11.8. The number of aliphatic hydroxyl groups is 1. The SMILES string of the molecule is Cc1cc(-n2ccc(C=Cc3ccc(F)cc3)cc2=O)ccc1OCC(C)(C)O. The first-order valence-electron chi connectivity index (χ1n) is 9.34. The van der Waals surface area contributed by atoms with Gasteiger partial charge in [-0.25, -0.2) is 4.39 Å². The molecule has 1 aromatic heterocycles. The highest BCUT2D eigenvalue weighted by Gasteiger charge is 2.14. The lowest BCUT2D eigenvalue weighted by atomic mass is 10.1. The lowest BCUT2D eigenvalue weighted by Crippen LogP contribution is -2.28. The summed E-state index contributed by atoms with van der Waals surface area (Å²) in [5.41, 5.74) is 2.15. The van der Waals surface area contributed by atoms with E-state index in [9.17, 15) is 14.3 Å². The van der Waals surface area contributed by atoms with Crippen molar-refractivity contribution in [1.82, 2.24) is 4.57 Å². The van der Waals surface area contributed by atoms with Gasteiger partial charge in [0.05, 0.1) is 5.60 Å². The van der Waals surface area contributed by atoms with Crippen LogP contribution in [0.3, 0.4) is 0 Å². The molecule has 0 aliphatic heterocycles. The van der Waals surface area contributed by atoms with E-state index < -0.39 is 5.60 Å². The zero-order chi connectivity index (χ0) is 21.0. The van der Waals surface area contributed by atoms with E-state index in [4.69, 9.17) is 4.74 Å².